The summed E-state index contributed by atoms with van der Waals surface area (Å²) in [5.41, 5.74) is 0.861. The Kier molecular flexibility index (Phi) is 4.02. The second-order valence-corrected chi connectivity index (χ2v) is 5.52. The van der Waals surface area contributed by atoms with Gasteiger partial charge in [0.1, 0.15) is 17.3 Å². The first-order valence-corrected chi connectivity index (χ1v) is 7.23. The Hall–Kier alpha value is -2.47. The second kappa shape index (κ2) is 6.11. The molecule has 1 aliphatic rings. The zero-order valence-corrected chi connectivity index (χ0v) is 12.0. The summed E-state index contributed by atoms with van der Waals surface area (Å²) >= 11 is 1.11. The number of hydrogen-bond acceptors (Lipinski definition) is 3. The maximum Gasteiger partial charge on any atom is 0.264 e. The fraction of sp³-hybridized carbons (Fsp3) is 0. The summed E-state index contributed by atoms with van der Waals surface area (Å²) in [6.45, 7) is 0. The lowest BCUT2D eigenvalue weighted by Gasteiger charge is -1.97. The van der Waals surface area contributed by atoms with Crippen molar-refractivity contribution in [3.05, 3.63) is 70.6 Å². The van der Waals surface area contributed by atoms with Gasteiger partial charge in [0, 0.05) is 0 Å². The van der Waals surface area contributed by atoms with Crippen LogP contribution < -0.4 is 5.32 Å². The fourth-order valence-corrected chi connectivity index (χ4v) is 2.68. The number of nitrogens with one attached hydrogen (secondary N) is 1. The molecule has 1 N–H and O–H groups in total. The number of aliphatic imine (C=N–C) groups is 1. The van der Waals surface area contributed by atoms with E-state index in [-0.39, 0.29) is 17.4 Å². The van der Waals surface area contributed by atoms with E-state index in [0.717, 1.165) is 11.8 Å². The molecule has 2 aromatic rings. The van der Waals surface area contributed by atoms with Crippen LogP contribution in [-0.4, -0.2) is 11.1 Å². The van der Waals surface area contributed by atoms with Crippen LogP contribution in [0.25, 0.3) is 6.08 Å². The topological polar surface area (TPSA) is 41.5 Å². The number of amidine groups is 1. The third kappa shape index (κ3) is 3.23. The highest BCUT2D eigenvalue weighted by Gasteiger charge is 2.24. The molecule has 0 unspecified atom stereocenters. The van der Waals surface area contributed by atoms with E-state index in [1.165, 1.54) is 24.3 Å². The molecule has 0 aliphatic carbocycles. The van der Waals surface area contributed by atoms with Gasteiger partial charge in [0.05, 0.1) is 4.91 Å². The van der Waals surface area contributed by atoms with E-state index in [9.17, 15) is 13.6 Å². The molecule has 0 spiro atoms. The van der Waals surface area contributed by atoms with Gasteiger partial charge in [-0.15, -0.1) is 0 Å². The summed E-state index contributed by atoms with van der Waals surface area (Å²) in [7, 11) is 0. The van der Waals surface area contributed by atoms with Crippen molar-refractivity contribution in [2.24, 2.45) is 4.99 Å². The SMILES string of the molecule is O=C1NC(=Nc2ccccc2F)S/C1=C\c1ccc(F)cc1. The first kappa shape index (κ1) is 14.5. The van der Waals surface area contributed by atoms with Crippen molar-refractivity contribution in [2.45, 2.75) is 0 Å². The van der Waals surface area contributed by atoms with Crippen LogP contribution >= 0.6 is 11.8 Å². The number of thioether (sulfide) groups is 1. The predicted molar refractivity (Wildman–Crippen MR) is 83.6 cm³/mol. The zero-order valence-electron chi connectivity index (χ0n) is 11.2. The van der Waals surface area contributed by atoms with Crippen LogP contribution in [-0.2, 0) is 4.79 Å². The molecule has 110 valence electrons. The molecular weight excluding hydrogens is 306 g/mol. The molecule has 3 nitrogen and oxygen atoms in total. The van der Waals surface area contributed by atoms with Gasteiger partial charge in [-0.1, -0.05) is 24.3 Å². The minimum atomic E-state index is -0.458. The number of hydrogen-bond donors (Lipinski definition) is 1. The number of amides is 1. The van der Waals surface area contributed by atoms with E-state index in [4.69, 9.17) is 0 Å². The molecular formula is C16H10F2N2OS. The van der Waals surface area contributed by atoms with Crippen molar-refractivity contribution in [1.29, 1.82) is 0 Å². The molecule has 2 aromatic carbocycles. The quantitative estimate of drug-likeness (QED) is 0.855. The van der Waals surface area contributed by atoms with Gasteiger partial charge < -0.3 is 5.32 Å². The number of nitrogens with zero attached hydrogens (tertiary/aromatic N) is 1. The molecule has 0 atom stereocenters. The summed E-state index contributed by atoms with van der Waals surface area (Å²) in [4.78, 5) is 16.4. The smallest absolute Gasteiger partial charge is 0.264 e. The Balaban J connectivity index is 1.84. The standard InChI is InChI=1S/C16H10F2N2OS/c17-11-7-5-10(6-8-11)9-14-15(21)20-16(22-14)19-13-4-2-1-3-12(13)18/h1-9H,(H,19,20,21)/b14-9-. The van der Waals surface area contributed by atoms with Gasteiger partial charge in [-0.05, 0) is 47.7 Å². The number of halogens is 2. The van der Waals surface area contributed by atoms with Crippen molar-refractivity contribution < 1.29 is 13.6 Å². The van der Waals surface area contributed by atoms with Crippen molar-refractivity contribution in [3.63, 3.8) is 0 Å². The van der Waals surface area contributed by atoms with Crippen LogP contribution in [0.4, 0.5) is 14.5 Å². The summed E-state index contributed by atoms with van der Waals surface area (Å²) < 4.78 is 26.4. The minimum Gasteiger partial charge on any atom is -0.300 e. The van der Waals surface area contributed by atoms with Crippen molar-refractivity contribution in [3.8, 4) is 0 Å². The van der Waals surface area contributed by atoms with Crippen molar-refractivity contribution in [2.75, 3.05) is 0 Å². The molecule has 1 saturated heterocycles. The van der Waals surface area contributed by atoms with Crippen LogP contribution in [0.5, 0.6) is 0 Å². The molecule has 1 heterocycles. The first-order valence-electron chi connectivity index (χ1n) is 6.41. The molecule has 0 radical (unpaired) electrons. The molecule has 22 heavy (non-hydrogen) atoms. The molecule has 0 aromatic heterocycles. The highest BCUT2D eigenvalue weighted by atomic mass is 32.2. The van der Waals surface area contributed by atoms with Crippen LogP contribution in [0, 0.1) is 11.6 Å². The molecule has 1 amide bonds. The van der Waals surface area contributed by atoms with E-state index >= 15 is 0 Å². The van der Waals surface area contributed by atoms with Crippen LogP contribution in [0.3, 0.4) is 0 Å². The zero-order chi connectivity index (χ0) is 15.5. The van der Waals surface area contributed by atoms with Gasteiger partial charge in [-0.25, -0.2) is 13.8 Å². The Morgan fingerprint density at radius 1 is 1.05 bits per heavy atom. The van der Waals surface area contributed by atoms with Gasteiger partial charge in [0.25, 0.3) is 5.91 Å². The fourth-order valence-electron chi connectivity index (χ4n) is 1.84. The number of benzene rings is 2. The second-order valence-electron chi connectivity index (χ2n) is 4.48. The highest BCUT2D eigenvalue weighted by Crippen LogP contribution is 2.28. The maximum absolute atomic E-state index is 13.5. The first-order chi connectivity index (χ1) is 10.6. The lowest BCUT2D eigenvalue weighted by atomic mass is 10.2. The molecule has 0 saturated carbocycles. The van der Waals surface area contributed by atoms with Gasteiger partial charge in [0.2, 0.25) is 0 Å². The van der Waals surface area contributed by atoms with Gasteiger partial charge in [-0.3, -0.25) is 4.79 Å². The Bertz CT molecular complexity index is 785. The largest absolute Gasteiger partial charge is 0.300 e. The summed E-state index contributed by atoms with van der Waals surface area (Å²) in [6.07, 6.45) is 1.63. The predicted octanol–water partition coefficient (Wildman–Crippen LogP) is 3.86. The third-order valence-electron chi connectivity index (χ3n) is 2.89. The monoisotopic (exact) mass is 316 g/mol. The highest BCUT2D eigenvalue weighted by molar-refractivity contribution is 8.18. The number of carbonyl (C=O) groups excluding carboxylic acids is 1. The third-order valence-corrected chi connectivity index (χ3v) is 3.80. The lowest BCUT2D eigenvalue weighted by molar-refractivity contribution is -0.115. The normalized spacial score (nSPS) is 18.0. The van der Waals surface area contributed by atoms with Crippen molar-refractivity contribution >= 4 is 34.6 Å². The molecule has 6 heteroatoms. The molecule has 3 rings (SSSR count). The molecule has 1 fully saturated rings. The van der Waals surface area contributed by atoms with Crippen molar-refractivity contribution in [1.82, 2.24) is 5.32 Å². The average Bonchev–Trinajstić information content (AvgIpc) is 2.84. The van der Waals surface area contributed by atoms with Crippen LogP contribution in [0.1, 0.15) is 5.56 Å². The Morgan fingerprint density at radius 3 is 2.50 bits per heavy atom. The molecule has 1 aliphatic heterocycles. The van der Waals surface area contributed by atoms with E-state index in [0.29, 0.717) is 15.6 Å². The Labute approximate surface area is 129 Å². The van der Waals surface area contributed by atoms with E-state index < -0.39 is 5.82 Å². The average molecular weight is 316 g/mol. The number of para-hydroxylation sites is 1. The summed E-state index contributed by atoms with van der Waals surface area (Å²) in [6, 6.07) is 11.8. The van der Waals surface area contributed by atoms with Crippen LogP contribution in [0.15, 0.2) is 58.4 Å². The van der Waals surface area contributed by atoms with Gasteiger partial charge in [0.15, 0.2) is 5.17 Å². The van der Waals surface area contributed by atoms with E-state index in [1.807, 2.05) is 0 Å². The number of carbonyl (C=O) groups is 1. The maximum atomic E-state index is 13.5. The lowest BCUT2D eigenvalue weighted by Crippen LogP contribution is -2.19. The van der Waals surface area contributed by atoms with E-state index in [2.05, 4.69) is 10.3 Å². The van der Waals surface area contributed by atoms with Gasteiger partial charge in [-0.2, -0.15) is 0 Å². The van der Waals surface area contributed by atoms with Crippen LogP contribution in [0.2, 0.25) is 0 Å². The number of rotatable bonds is 2. The van der Waals surface area contributed by atoms with E-state index in [1.54, 1.807) is 30.3 Å². The Morgan fingerprint density at radius 2 is 1.77 bits per heavy atom. The molecule has 0 bridgehead atoms. The summed E-state index contributed by atoms with van der Waals surface area (Å²) in [5.74, 6) is -1.11. The summed E-state index contributed by atoms with van der Waals surface area (Å²) in [5, 5.41) is 2.89. The minimum absolute atomic E-state index is 0.160. The van der Waals surface area contributed by atoms with Gasteiger partial charge >= 0.3 is 0 Å².